The molecule has 2 N–H and O–H groups in total. The normalized spacial score (nSPS) is 21.9. The van der Waals surface area contributed by atoms with Gasteiger partial charge in [0.2, 0.25) is 5.91 Å². The van der Waals surface area contributed by atoms with Crippen molar-refractivity contribution in [3.8, 4) is 5.75 Å². The van der Waals surface area contributed by atoms with E-state index in [1.54, 1.807) is 30.1 Å². The first-order valence-electron chi connectivity index (χ1n) is 7.47. The molecule has 1 amide bonds. The van der Waals surface area contributed by atoms with Crippen LogP contribution >= 0.6 is 0 Å². The topological polar surface area (TPSA) is 55.6 Å². The molecule has 1 fully saturated rings. The van der Waals surface area contributed by atoms with Gasteiger partial charge in [-0.2, -0.15) is 0 Å². The van der Waals surface area contributed by atoms with Gasteiger partial charge in [-0.25, -0.2) is 4.39 Å². The molecule has 21 heavy (non-hydrogen) atoms. The van der Waals surface area contributed by atoms with Gasteiger partial charge in [0.15, 0.2) is 11.6 Å². The average Bonchev–Trinajstić information content (AvgIpc) is 2.49. The Morgan fingerprint density at radius 2 is 2.10 bits per heavy atom. The van der Waals surface area contributed by atoms with Gasteiger partial charge in [0.25, 0.3) is 0 Å². The molecule has 0 bridgehead atoms. The highest BCUT2D eigenvalue weighted by Crippen LogP contribution is 2.24. The van der Waals surface area contributed by atoms with Crippen LogP contribution < -0.4 is 10.5 Å². The molecular weight excluding hydrogens is 271 g/mol. The SMILES string of the molecule is CN(CCOc1ccccc1F)C(=O)C1CCCCC1N. The molecule has 0 aliphatic heterocycles. The molecule has 0 aromatic heterocycles. The number of hydrogen-bond acceptors (Lipinski definition) is 3. The second-order valence-corrected chi connectivity index (χ2v) is 5.59. The van der Waals surface area contributed by atoms with Crippen LogP contribution in [0.2, 0.25) is 0 Å². The maximum atomic E-state index is 13.4. The summed E-state index contributed by atoms with van der Waals surface area (Å²) in [5.41, 5.74) is 6.03. The number of carbonyl (C=O) groups is 1. The summed E-state index contributed by atoms with van der Waals surface area (Å²) in [5, 5.41) is 0. The predicted molar refractivity (Wildman–Crippen MR) is 79.5 cm³/mol. The first kappa shape index (κ1) is 15.8. The molecule has 0 heterocycles. The van der Waals surface area contributed by atoms with Gasteiger partial charge in [0.1, 0.15) is 6.61 Å². The van der Waals surface area contributed by atoms with E-state index in [-0.39, 0.29) is 36.0 Å². The Bertz CT molecular complexity index is 481. The van der Waals surface area contributed by atoms with E-state index in [9.17, 15) is 9.18 Å². The maximum Gasteiger partial charge on any atom is 0.227 e. The third kappa shape index (κ3) is 4.17. The van der Waals surface area contributed by atoms with Gasteiger partial charge < -0.3 is 15.4 Å². The standard InChI is InChI=1S/C16H23FN2O2/c1-19(16(20)12-6-2-4-8-14(12)18)10-11-21-15-9-5-3-7-13(15)17/h3,5,7,9,12,14H,2,4,6,8,10-11,18H2,1H3. The van der Waals surface area contributed by atoms with E-state index in [0.29, 0.717) is 6.54 Å². The summed E-state index contributed by atoms with van der Waals surface area (Å²) >= 11 is 0. The van der Waals surface area contributed by atoms with Crippen LogP contribution in [-0.4, -0.2) is 37.0 Å². The van der Waals surface area contributed by atoms with Gasteiger partial charge in [-0.1, -0.05) is 25.0 Å². The Morgan fingerprint density at radius 1 is 1.38 bits per heavy atom. The fourth-order valence-corrected chi connectivity index (χ4v) is 2.71. The van der Waals surface area contributed by atoms with Crippen LogP contribution in [-0.2, 0) is 4.79 Å². The minimum absolute atomic E-state index is 0.0406. The number of benzene rings is 1. The number of nitrogens with two attached hydrogens (primary N) is 1. The Morgan fingerprint density at radius 3 is 2.81 bits per heavy atom. The summed E-state index contributed by atoms with van der Waals surface area (Å²) in [4.78, 5) is 14.0. The van der Waals surface area contributed by atoms with Crippen molar-refractivity contribution in [2.75, 3.05) is 20.2 Å². The molecule has 116 valence electrons. The van der Waals surface area contributed by atoms with Crippen LogP contribution in [0.1, 0.15) is 25.7 Å². The Balaban J connectivity index is 1.80. The molecule has 5 heteroatoms. The highest BCUT2D eigenvalue weighted by Gasteiger charge is 2.30. The van der Waals surface area contributed by atoms with E-state index in [2.05, 4.69) is 0 Å². The first-order chi connectivity index (χ1) is 10.1. The molecule has 0 radical (unpaired) electrons. The van der Waals surface area contributed by atoms with Gasteiger partial charge in [0, 0.05) is 13.1 Å². The maximum absolute atomic E-state index is 13.4. The van der Waals surface area contributed by atoms with Crippen molar-refractivity contribution in [1.29, 1.82) is 0 Å². The molecule has 2 atom stereocenters. The minimum Gasteiger partial charge on any atom is -0.489 e. The summed E-state index contributed by atoms with van der Waals surface area (Å²) in [6.07, 6.45) is 3.93. The molecule has 0 spiro atoms. The molecule has 0 saturated heterocycles. The highest BCUT2D eigenvalue weighted by molar-refractivity contribution is 5.79. The lowest BCUT2D eigenvalue weighted by Gasteiger charge is -2.31. The molecule has 2 rings (SSSR count). The number of para-hydroxylation sites is 1. The number of ether oxygens (including phenoxy) is 1. The number of likely N-dealkylation sites (N-methyl/N-ethyl adjacent to an activating group) is 1. The molecule has 1 aliphatic rings. The lowest BCUT2D eigenvalue weighted by Crippen LogP contribution is -2.45. The molecule has 1 saturated carbocycles. The molecule has 1 aromatic carbocycles. The minimum atomic E-state index is -0.388. The van der Waals surface area contributed by atoms with Crippen molar-refractivity contribution in [2.24, 2.45) is 11.7 Å². The lowest BCUT2D eigenvalue weighted by molar-refractivity contribution is -0.136. The fourth-order valence-electron chi connectivity index (χ4n) is 2.71. The zero-order chi connectivity index (χ0) is 15.2. The average molecular weight is 294 g/mol. The largest absolute Gasteiger partial charge is 0.489 e. The number of nitrogens with zero attached hydrogens (tertiary/aromatic N) is 1. The summed E-state index contributed by atoms with van der Waals surface area (Å²) in [5.74, 6) is -0.190. The van der Waals surface area contributed by atoms with Crippen LogP contribution in [0.15, 0.2) is 24.3 Å². The monoisotopic (exact) mass is 294 g/mol. The van der Waals surface area contributed by atoms with Gasteiger partial charge in [-0.3, -0.25) is 4.79 Å². The first-order valence-corrected chi connectivity index (χ1v) is 7.47. The van der Waals surface area contributed by atoms with Gasteiger partial charge >= 0.3 is 0 Å². The smallest absolute Gasteiger partial charge is 0.227 e. The second-order valence-electron chi connectivity index (χ2n) is 5.59. The summed E-state index contributed by atoms with van der Waals surface area (Å²) < 4.78 is 18.8. The summed E-state index contributed by atoms with van der Waals surface area (Å²) in [6.45, 7) is 0.696. The van der Waals surface area contributed by atoms with E-state index in [4.69, 9.17) is 10.5 Å². The summed E-state index contributed by atoms with van der Waals surface area (Å²) in [6, 6.07) is 6.22. The van der Waals surface area contributed by atoms with Crippen molar-refractivity contribution in [1.82, 2.24) is 4.90 Å². The second kappa shape index (κ2) is 7.41. The van der Waals surface area contributed by atoms with Crippen LogP contribution in [0.3, 0.4) is 0 Å². The van der Waals surface area contributed by atoms with Crippen LogP contribution in [0.5, 0.6) is 5.75 Å². The zero-order valence-electron chi connectivity index (χ0n) is 12.4. The Labute approximate surface area is 125 Å². The van der Waals surface area contributed by atoms with Crippen LogP contribution in [0.4, 0.5) is 4.39 Å². The van der Waals surface area contributed by atoms with E-state index in [1.165, 1.54) is 6.07 Å². The van der Waals surface area contributed by atoms with E-state index in [1.807, 2.05) is 0 Å². The quantitative estimate of drug-likeness (QED) is 0.905. The molecule has 2 unspecified atom stereocenters. The van der Waals surface area contributed by atoms with Gasteiger partial charge in [-0.15, -0.1) is 0 Å². The van der Waals surface area contributed by atoms with Crippen LogP contribution in [0.25, 0.3) is 0 Å². The lowest BCUT2D eigenvalue weighted by atomic mass is 9.84. The fraction of sp³-hybridized carbons (Fsp3) is 0.562. The Hall–Kier alpha value is -1.62. The number of amides is 1. The summed E-state index contributed by atoms with van der Waals surface area (Å²) in [7, 11) is 1.74. The number of rotatable bonds is 5. The van der Waals surface area contributed by atoms with E-state index >= 15 is 0 Å². The third-order valence-corrected chi connectivity index (χ3v) is 4.03. The highest BCUT2D eigenvalue weighted by atomic mass is 19.1. The van der Waals surface area contributed by atoms with E-state index < -0.39 is 0 Å². The van der Waals surface area contributed by atoms with Crippen molar-refractivity contribution >= 4 is 5.91 Å². The van der Waals surface area contributed by atoms with Crippen molar-refractivity contribution in [3.63, 3.8) is 0 Å². The predicted octanol–water partition coefficient (Wildman–Crippen LogP) is 2.18. The Kier molecular flexibility index (Phi) is 5.56. The van der Waals surface area contributed by atoms with Crippen LogP contribution in [0, 0.1) is 11.7 Å². The molecule has 1 aliphatic carbocycles. The number of carbonyl (C=O) groups excluding carboxylic acids is 1. The van der Waals surface area contributed by atoms with E-state index in [0.717, 1.165) is 25.7 Å². The molecule has 4 nitrogen and oxygen atoms in total. The molecular formula is C16H23FN2O2. The number of halogens is 1. The van der Waals surface area contributed by atoms with Crippen molar-refractivity contribution < 1.29 is 13.9 Å². The van der Waals surface area contributed by atoms with Crippen molar-refractivity contribution in [3.05, 3.63) is 30.1 Å². The zero-order valence-corrected chi connectivity index (χ0v) is 12.4. The number of hydrogen-bond donors (Lipinski definition) is 1. The van der Waals surface area contributed by atoms with Gasteiger partial charge in [0.05, 0.1) is 12.5 Å². The van der Waals surface area contributed by atoms with Crippen molar-refractivity contribution in [2.45, 2.75) is 31.7 Å². The molecule has 1 aromatic rings. The van der Waals surface area contributed by atoms with Gasteiger partial charge in [-0.05, 0) is 25.0 Å². The third-order valence-electron chi connectivity index (χ3n) is 4.03.